The van der Waals surface area contributed by atoms with Crippen LogP contribution in [0.2, 0.25) is 0 Å². The molecule has 2 aliphatic carbocycles. The van der Waals surface area contributed by atoms with Gasteiger partial charge in [-0.3, -0.25) is 9.59 Å². The molecule has 1 aliphatic heterocycles. The van der Waals surface area contributed by atoms with Gasteiger partial charge < -0.3 is 14.2 Å². The summed E-state index contributed by atoms with van der Waals surface area (Å²) in [5.74, 6) is -1.15. The van der Waals surface area contributed by atoms with Crippen molar-refractivity contribution >= 4 is 17.7 Å². The number of esters is 2. The van der Waals surface area contributed by atoms with Gasteiger partial charge in [0.15, 0.2) is 5.78 Å². The molecule has 1 aromatic rings. The van der Waals surface area contributed by atoms with Gasteiger partial charge in [0, 0.05) is 18.4 Å². The molecule has 0 N–H and O–H groups in total. The van der Waals surface area contributed by atoms with E-state index < -0.39 is 23.6 Å². The van der Waals surface area contributed by atoms with Crippen LogP contribution in [0.5, 0.6) is 0 Å². The van der Waals surface area contributed by atoms with E-state index in [1.165, 1.54) is 6.92 Å². The van der Waals surface area contributed by atoms with E-state index in [1.807, 2.05) is 24.3 Å². The van der Waals surface area contributed by atoms with Gasteiger partial charge in [-0.05, 0) is 50.2 Å². The van der Waals surface area contributed by atoms with Gasteiger partial charge in [0.2, 0.25) is 5.76 Å². The zero-order valence-electron chi connectivity index (χ0n) is 16.1. The second kappa shape index (κ2) is 7.08. The number of rotatable bonds is 4. The van der Waals surface area contributed by atoms with Gasteiger partial charge in [-0.15, -0.1) is 0 Å². The van der Waals surface area contributed by atoms with Crippen LogP contribution >= 0.6 is 0 Å². The van der Waals surface area contributed by atoms with Crippen molar-refractivity contribution in [3.05, 3.63) is 47.2 Å². The van der Waals surface area contributed by atoms with Gasteiger partial charge in [0.1, 0.15) is 5.41 Å². The summed E-state index contributed by atoms with van der Waals surface area (Å²) in [6.45, 7) is 3.21. The zero-order chi connectivity index (χ0) is 19.9. The van der Waals surface area contributed by atoms with Crippen LogP contribution in [-0.2, 0) is 30.2 Å². The maximum atomic E-state index is 13.7. The van der Waals surface area contributed by atoms with Crippen molar-refractivity contribution < 1.29 is 28.6 Å². The second-order valence-electron chi connectivity index (χ2n) is 7.70. The van der Waals surface area contributed by atoms with Gasteiger partial charge in [-0.1, -0.05) is 24.3 Å². The first kappa shape index (κ1) is 18.7. The highest BCUT2D eigenvalue weighted by molar-refractivity contribution is 6.04. The molecule has 0 radical (unpaired) electrons. The lowest BCUT2D eigenvalue weighted by molar-refractivity contribution is -0.207. The van der Waals surface area contributed by atoms with Crippen LogP contribution in [-0.4, -0.2) is 30.6 Å². The lowest BCUT2D eigenvalue weighted by atomic mass is 9.60. The first-order chi connectivity index (χ1) is 13.5. The van der Waals surface area contributed by atoms with Crippen LogP contribution in [0.1, 0.15) is 49.0 Å². The third-order valence-electron chi connectivity index (χ3n) is 5.95. The van der Waals surface area contributed by atoms with Crippen molar-refractivity contribution in [2.24, 2.45) is 17.3 Å². The van der Waals surface area contributed by atoms with E-state index in [0.29, 0.717) is 18.4 Å². The molecule has 0 aromatic heterocycles. The average Bonchev–Trinajstić information content (AvgIpc) is 3.51. The maximum absolute atomic E-state index is 13.7. The van der Waals surface area contributed by atoms with E-state index >= 15 is 0 Å². The third kappa shape index (κ3) is 3.01. The normalized spacial score (nSPS) is 28.8. The van der Waals surface area contributed by atoms with Gasteiger partial charge in [-0.2, -0.15) is 0 Å². The molecule has 0 unspecified atom stereocenters. The van der Waals surface area contributed by atoms with Gasteiger partial charge in [0.05, 0.1) is 6.61 Å². The fourth-order valence-corrected chi connectivity index (χ4v) is 4.55. The van der Waals surface area contributed by atoms with E-state index in [-0.39, 0.29) is 30.0 Å². The highest BCUT2D eigenvalue weighted by Crippen LogP contribution is 2.57. The lowest BCUT2D eigenvalue weighted by Gasteiger charge is -2.47. The van der Waals surface area contributed by atoms with E-state index in [0.717, 1.165) is 18.4 Å². The minimum absolute atomic E-state index is 0.0299. The average molecular weight is 384 g/mol. The number of allylic oxidation sites excluding steroid dienone is 1. The van der Waals surface area contributed by atoms with Gasteiger partial charge in [-0.25, -0.2) is 4.79 Å². The minimum Gasteiger partial charge on any atom is -0.460 e. The molecule has 28 heavy (non-hydrogen) atoms. The fraction of sp³-hybridized carbons (Fsp3) is 0.500. The van der Waals surface area contributed by atoms with E-state index in [2.05, 4.69) is 0 Å². The number of benzene rings is 1. The summed E-state index contributed by atoms with van der Waals surface area (Å²) in [5.41, 5.74) is 0.625. The molecule has 1 saturated carbocycles. The van der Waals surface area contributed by atoms with Crippen LogP contribution in [0.15, 0.2) is 36.1 Å². The summed E-state index contributed by atoms with van der Waals surface area (Å²) in [7, 11) is 0. The molecule has 1 heterocycles. The topological polar surface area (TPSA) is 78.9 Å². The number of carbonyl (C=O) groups excluding carboxylic acids is 3. The van der Waals surface area contributed by atoms with Crippen molar-refractivity contribution in [1.29, 1.82) is 0 Å². The number of aryl methyl sites for hydroxylation is 1. The largest absolute Gasteiger partial charge is 0.460 e. The molecule has 6 nitrogen and oxygen atoms in total. The number of fused-ring (bicyclic) bond motifs is 1. The predicted octanol–water partition coefficient (Wildman–Crippen LogP) is 3.19. The van der Waals surface area contributed by atoms with Crippen LogP contribution in [0, 0.1) is 17.3 Å². The molecule has 1 spiro atoms. The number of hydrogen-bond donors (Lipinski definition) is 0. The molecule has 148 valence electrons. The number of ether oxygens (including phenoxy) is 3. The first-order valence-corrected chi connectivity index (χ1v) is 9.83. The Bertz CT molecular complexity index is 852. The van der Waals surface area contributed by atoms with Crippen LogP contribution in [0.25, 0.3) is 0 Å². The van der Waals surface area contributed by atoms with Crippen molar-refractivity contribution in [2.45, 2.75) is 45.8 Å². The molecule has 1 fully saturated rings. The van der Waals surface area contributed by atoms with Crippen molar-refractivity contribution in [3.63, 3.8) is 0 Å². The molecular formula is C22H24O6. The summed E-state index contributed by atoms with van der Waals surface area (Å²) in [5, 5.41) is 0. The Morgan fingerprint density at radius 2 is 2.00 bits per heavy atom. The lowest BCUT2D eigenvalue weighted by Crippen LogP contribution is -2.55. The Kier molecular flexibility index (Phi) is 4.73. The standard InChI is InChI=1S/C22H24O6/c1-3-26-20(25)18-12-17(15-8-9-15)22(21(28-18)27-13(2)23)11-10-14-6-4-5-7-16(14)19(22)24/h4-7,12,15,17,21H,3,8-11H2,1-2H3/t17-,21-,22+/m0/s1. The Labute approximate surface area is 163 Å². The Morgan fingerprint density at radius 1 is 1.25 bits per heavy atom. The highest BCUT2D eigenvalue weighted by atomic mass is 16.7. The Hall–Kier alpha value is -2.63. The SMILES string of the molecule is CCOC(=O)C1=C[C@@H](C2CC2)[C@@]2(CCc3ccccc3C2=O)[C@@H](OC(C)=O)O1. The molecule has 6 heteroatoms. The maximum Gasteiger partial charge on any atom is 0.373 e. The molecular weight excluding hydrogens is 360 g/mol. The molecule has 0 bridgehead atoms. The highest BCUT2D eigenvalue weighted by Gasteiger charge is 2.61. The van der Waals surface area contributed by atoms with Gasteiger partial charge >= 0.3 is 11.9 Å². The molecule has 3 aliphatic rings. The smallest absolute Gasteiger partial charge is 0.373 e. The van der Waals surface area contributed by atoms with E-state index in [4.69, 9.17) is 14.2 Å². The molecule has 0 amide bonds. The quantitative estimate of drug-likeness (QED) is 0.742. The summed E-state index contributed by atoms with van der Waals surface area (Å²) in [6, 6.07) is 7.53. The molecule has 0 saturated heterocycles. The Morgan fingerprint density at radius 3 is 2.68 bits per heavy atom. The minimum atomic E-state index is -1.14. The second-order valence-corrected chi connectivity index (χ2v) is 7.70. The van der Waals surface area contributed by atoms with Crippen LogP contribution in [0.3, 0.4) is 0 Å². The molecule has 3 atom stereocenters. The summed E-state index contributed by atoms with van der Waals surface area (Å²) in [4.78, 5) is 37.9. The number of ketones is 1. The summed E-state index contributed by atoms with van der Waals surface area (Å²) in [6.07, 6.45) is 3.74. The van der Waals surface area contributed by atoms with Gasteiger partial charge in [0.25, 0.3) is 6.29 Å². The van der Waals surface area contributed by atoms with Crippen LogP contribution in [0.4, 0.5) is 0 Å². The molecule has 1 aromatic carbocycles. The van der Waals surface area contributed by atoms with Crippen LogP contribution < -0.4 is 0 Å². The Balaban J connectivity index is 1.82. The number of carbonyl (C=O) groups is 3. The van der Waals surface area contributed by atoms with Crippen molar-refractivity contribution in [3.8, 4) is 0 Å². The van der Waals surface area contributed by atoms with E-state index in [1.54, 1.807) is 13.0 Å². The summed E-state index contributed by atoms with van der Waals surface area (Å²) >= 11 is 0. The zero-order valence-corrected chi connectivity index (χ0v) is 16.1. The van der Waals surface area contributed by atoms with Crippen molar-refractivity contribution in [1.82, 2.24) is 0 Å². The third-order valence-corrected chi connectivity index (χ3v) is 5.95. The predicted molar refractivity (Wildman–Crippen MR) is 99.1 cm³/mol. The number of Topliss-reactive ketones (excluding diaryl/α,β-unsaturated/α-hetero) is 1. The van der Waals surface area contributed by atoms with Crippen molar-refractivity contribution in [2.75, 3.05) is 6.61 Å². The number of hydrogen-bond acceptors (Lipinski definition) is 6. The molecule has 4 rings (SSSR count). The first-order valence-electron chi connectivity index (χ1n) is 9.83. The fourth-order valence-electron chi connectivity index (χ4n) is 4.55. The monoisotopic (exact) mass is 384 g/mol. The summed E-state index contributed by atoms with van der Waals surface area (Å²) < 4.78 is 16.4. The van der Waals surface area contributed by atoms with E-state index in [9.17, 15) is 14.4 Å².